The van der Waals surface area contributed by atoms with Crippen LogP contribution in [0.1, 0.15) is 56.9 Å². The molecule has 1 atom stereocenters. The molecule has 3 rings (SSSR count). The lowest BCUT2D eigenvalue weighted by atomic mass is 9.93. The number of carbonyl (C=O) groups excluding carboxylic acids is 1. The molecule has 1 heterocycles. The van der Waals surface area contributed by atoms with Crippen LogP contribution in [0.3, 0.4) is 0 Å². The molecular formula is C23H29ClF2N2O. The molecule has 0 spiro atoms. The fraction of sp³-hybridized carbons (Fsp3) is 0.522. The number of carbonyl (C=O) groups is 1. The maximum atomic E-state index is 15.0. The van der Waals surface area contributed by atoms with E-state index in [1.807, 2.05) is 0 Å². The van der Waals surface area contributed by atoms with Crippen LogP contribution in [0.25, 0.3) is 5.57 Å². The van der Waals surface area contributed by atoms with Gasteiger partial charge in [-0.05, 0) is 69.1 Å². The minimum Gasteiger partial charge on any atom is -0.330 e. The summed E-state index contributed by atoms with van der Waals surface area (Å²) in [5, 5.41) is 0.589. The van der Waals surface area contributed by atoms with E-state index in [2.05, 4.69) is 10.2 Å². The molecule has 1 aromatic carbocycles. The number of hydrogen-bond donors (Lipinski definition) is 1. The molecule has 29 heavy (non-hydrogen) atoms. The van der Waals surface area contributed by atoms with Crippen molar-refractivity contribution in [3.05, 3.63) is 53.5 Å². The number of hydrogen-bond acceptors (Lipinski definition) is 2. The Bertz CT molecular complexity index is 768. The zero-order valence-corrected chi connectivity index (χ0v) is 17.5. The van der Waals surface area contributed by atoms with Crippen LogP contribution >= 0.6 is 11.6 Å². The van der Waals surface area contributed by atoms with E-state index in [1.165, 1.54) is 50.0 Å². The molecule has 6 heteroatoms. The first-order chi connectivity index (χ1) is 13.9. The highest BCUT2D eigenvalue weighted by Gasteiger charge is 2.36. The van der Waals surface area contributed by atoms with Crippen molar-refractivity contribution < 1.29 is 13.6 Å². The summed E-state index contributed by atoms with van der Waals surface area (Å²) in [7, 11) is 0. The van der Waals surface area contributed by atoms with Crippen molar-refractivity contribution in [2.45, 2.75) is 56.5 Å². The smallest absolute Gasteiger partial charge is 0.224 e. The third-order valence-electron chi connectivity index (χ3n) is 5.52. The normalized spacial score (nSPS) is 23.1. The molecule has 0 bridgehead atoms. The van der Waals surface area contributed by atoms with Gasteiger partial charge in [-0.2, -0.15) is 0 Å². The van der Waals surface area contributed by atoms with Gasteiger partial charge in [0, 0.05) is 24.1 Å². The number of amides is 1. The third kappa shape index (κ3) is 6.65. The number of nitrogens with zero attached hydrogens (tertiary/aromatic N) is 1. The van der Waals surface area contributed by atoms with E-state index >= 15 is 0 Å². The second kappa shape index (κ2) is 10.4. The number of unbranched alkanes of at least 4 members (excludes halogenated alkanes) is 1. The predicted molar refractivity (Wildman–Crippen MR) is 114 cm³/mol. The first-order valence-electron chi connectivity index (χ1n) is 10.5. The maximum absolute atomic E-state index is 15.0. The molecule has 1 aromatic rings. The Morgan fingerprint density at radius 3 is 2.59 bits per heavy atom. The first kappa shape index (κ1) is 22.0. The standard InChI is InChI=1S/C23H29ClF2N2O/c24-23(26)17-20(11-12-21(23)18-8-7-9-19(25)16-18)27-22(29)10-3-6-15-28-13-4-1-2-5-14-28/h7-9,11-12,16H,1-6,10,13-15,17H2,(H,27,29). The number of rotatable bonds is 7. The van der Waals surface area contributed by atoms with Crippen LogP contribution in [-0.2, 0) is 4.79 Å². The maximum Gasteiger partial charge on any atom is 0.224 e. The van der Waals surface area contributed by atoms with Crippen LogP contribution in [0.5, 0.6) is 0 Å². The second-order valence-electron chi connectivity index (χ2n) is 7.92. The SMILES string of the molecule is O=C(CCCCN1CCCCCC1)NC1=CC=C(c2cccc(F)c2)C(F)(Cl)C1. The Morgan fingerprint density at radius 1 is 1.14 bits per heavy atom. The van der Waals surface area contributed by atoms with Gasteiger partial charge in [0.15, 0.2) is 0 Å². The summed E-state index contributed by atoms with van der Waals surface area (Å²) in [6.07, 6.45) is 10.4. The lowest BCUT2D eigenvalue weighted by Gasteiger charge is -2.27. The van der Waals surface area contributed by atoms with Gasteiger partial charge in [-0.15, -0.1) is 0 Å². The molecule has 0 radical (unpaired) electrons. The fourth-order valence-electron chi connectivity index (χ4n) is 3.97. The van der Waals surface area contributed by atoms with Crippen LogP contribution in [-0.4, -0.2) is 35.6 Å². The molecule has 3 nitrogen and oxygen atoms in total. The van der Waals surface area contributed by atoms with Gasteiger partial charge in [0.25, 0.3) is 0 Å². The third-order valence-corrected chi connectivity index (χ3v) is 5.86. The lowest BCUT2D eigenvalue weighted by molar-refractivity contribution is -0.120. The van der Waals surface area contributed by atoms with Gasteiger partial charge in [-0.25, -0.2) is 8.78 Å². The van der Waals surface area contributed by atoms with E-state index in [-0.39, 0.29) is 17.9 Å². The molecule has 1 unspecified atom stereocenters. The highest BCUT2D eigenvalue weighted by molar-refractivity contribution is 6.29. The summed E-state index contributed by atoms with van der Waals surface area (Å²) in [6.45, 7) is 3.35. The van der Waals surface area contributed by atoms with E-state index in [9.17, 15) is 13.6 Å². The summed E-state index contributed by atoms with van der Waals surface area (Å²) < 4.78 is 28.4. The molecule has 1 aliphatic carbocycles. The molecule has 0 aromatic heterocycles. The topological polar surface area (TPSA) is 32.3 Å². The summed E-state index contributed by atoms with van der Waals surface area (Å²) >= 11 is 6.07. The molecule has 1 saturated heterocycles. The van der Waals surface area contributed by atoms with Gasteiger partial charge in [0.1, 0.15) is 5.82 Å². The molecule has 1 amide bonds. The van der Waals surface area contributed by atoms with Crippen molar-refractivity contribution in [1.82, 2.24) is 10.2 Å². The summed E-state index contributed by atoms with van der Waals surface area (Å²) in [6, 6.07) is 5.69. The Morgan fingerprint density at radius 2 is 1.90 bits per heavy atom. The van der Waals surface area contributed by atoms with Crippen LogP contribution in [0.2, 0.25) is 0 Å². The average Bonchev–Trinajstić information content (AvgIpc) is 2.93. The van der Waals surface area contributed by atoms with Crippen LogP contribution < -0.4 is 5.32 Å². The van der Waals surface area contributed by atoms with Crippen LogP contribution in [0.15, 0.2) is 42.1 Å². The summed E-state index contributed by atoms with van der Waals surface area (Å²) in [4.78, 5) is 14.7. The van der Waals surface area contributed by atoms with E-state index in [1.54, 1.807) is 12.1 Å². The zero-order chi connectivity index (χ0) is 20.7. The number of halogens is 3. The van der Waals surface area contributed by atoms with Crippen LogP contribution in [0.4, 0.5) is 8.78 Å². The molecule has 0 saturated carbocycles. The van der Waals surface area contributed by atoms with Crippen molar-refractivity contribution in [2.75, 3.05) is 19.6 Å². The summed E-state index contributed by atoms with van der Waals surface area (Å²) in [5.41, 5.74) is 1.05. The van der Waals surface area contributed by atoms with Crippen LogP contribution in [0, 0.1) is 5.82 Å². The fourth-order valence-corrected chi connectivity index (χ4v) is 4.29. The lowest BCUT2D eigenvalue weighted by Crippen LogP contribution is -2.30. The minimum absolute atomic E-state index is 0.123. The number of alkyl halides is 2. The molecule has 2 aliphatic rings. The van der Waals surface area contributed by atoms with E-state index in [4.69, 9.17) is 11.6 Å². The highest BCUT2D eigenvalue weighted by atomic mass is 35.5. The average molecular weight is 423 g/mol. The van der Waals surface area contributed by atoms with Gasteiger partial charge in [-0.3, -0.25) is 4.79 Å². The second-order valence-corrected chi connectivity index (χ2v) is 8.52. The van der Waals surface area contributed by atoms with Crippen molar-refractivity contribution in [3.8, 4) is 0 Å². The number of likely N-dealkylation sites (tertiary alicyclic amines) is 1. The zero-order valence-electron chi connectivity index (χ0n) is 16.7. The van der Waals surface area contributed by atoms with Gasteiger partial charge in [0.2, 0.25) is 11.0 Å². The Kier molecular flexibility index (Phi) is 7.84. The minimum atomic E-state index is -2.18. The first-order valence-corrected chi connectivity index (χ1v) is 10.9. The van der Waals surface area contributed by atoms with E-state index in [0.717, 1.165) is 32.5 Å². The highest BCUT2D eigenvalue weighted by Crippen LogP contribution is 2.42. The van der Waals surface area contributed by atoms with Gasteiger partial charge < -0.3 is 10.2 Å². The summed E-state index contributed by atoms with van der Waals surface area (Å²) in [5.74, 6) is -0.568. The monoisotopic (exact) mass is 422 g/mol. The molecule has 1 aliphatic heterocycles. The Hall–Kier alpha value is -1.72. The van der Waals surface area contributed by atoms with Gasteiger partial charge in [0.05, 0.1) is 0 Å². The Labute approximate surface area is 176 Å². The van der Waals surface area contributed by atoms with Crippen molar-refractivity contribution >= 4 is 23.1 Å². The van der Waals surface area contributed by atoms with Crippen molar-refractivity contribution in [3.63, 3.8) is 0 Å². The molecule has 1 fully saturated rings. The van der Waals surface area contributed by atoms with E-state index in [0.29, 0.717) is 17.7 Å². The molecular weight excluding hydrogens is 394 g/mol. The van der Waals surface area contributed by atoms with E-state index < -0.39 is 10.9 Å². The van der Waals surface area contributed by atoms with Crippen molar-refractivity contribution in [1.29, 1.82) is 0 Å². The van der Waals surface area contributed by atoms with Gasteiger partial charge >= 0.3 is 0 Å². The molecule has 1 N–H and O–H groups in total. The number of benzene rings is 1. The number of nitrogens with one attached hydrogen (secondary N) is 1. The number of allylic oxidation sites excluding steroid dienone is 4. The predicted octanol–water partition coefficient (Wildman–Crippen LogP) is 5.56. The largest absolute Gasteiger partial charge is 0.330 e. The van der Waals surface area contributed by atoms with Crippen molar-refractivity contribution in [2.24, 2.45) is 0 Å². The molecule has 158 valence electrons. The quantitative estimate of drug-likeness (QED) is 0.460. The van der Waals surface area contributed by atoms with Gasteiger partial charge in [-0.1, -0.05) is 42.7 Å². The Balaban J connectivity index is 1.48.